The van der Waals surface area contributed by atoms with Gasteiger partial charge in [0.1, 0.15) is 29.1 Å². The van der Waals surface area contributed by atoms with Gasteiger partial charge in [-0.05, 0) is 50.2 Å². The first-order chi connectivity index (χ1) is 18.8. The number of allylic oxidation sites excluding steroid dienone is 1. The van der Waals surface area contributed by atoms with Crippen LogP contribution in [0.3, 0.4) is 0 Å². The fourth-order valence-electron chi connectivity index (χ4n) is 4.49. The van der Waals surface area contributed by atoms with Crippen molar-refractivity contribution < 1.29 is 23.4 Å². The number of thiazole rings is 1. The summed E-state index contributed by atoms with van der Waals surface area (Å²) in [6, 6.07) is 15.9. The number of fused-ring (bicyclic) bond motifs is 1. The van der Waals surface area contributed by atoms with Gasteiger partial charge in [0.2, 0.25) is 0 Å². The smallest absolute Gasteiger partial charge is 0.338 e. The molecule has 1 unspecified atom stereocenters. The second-order valence-electron chi connectivity index (χ2n) is 8.62. The minimum absolute atomic E-state index is 0.186. The number of benzene rings is 2. The van der Waals surface area contributed by atoms with Gasteiger partial charge in [-0.3, -0.25) is 9.36 Å². The van der Waals surface area contributed by atoms with E-state index < -0.39 is 12.0 Å². The molecule has 0 fully saturated rings. The van der Waals surface area contributed by atoms with Gasteiger partial charge in [0.15, 0.2) is 4.80 Å². The van der Waals surface area contributed by atoms with E-state index in [1.807, 2.05) is 36.4 Å². The number of halogens is 1. The Bertz CT molecular complexity index is 1780. The fourth-order valence-corrected chi connectivity index (χ4v) is 5.91. The molecule has 8 nitrogen and oxygen atoms in total. The largest absolute Gasteiger partial charge is 0.497 e. The summed E-state index contributed by atoms with van der Waals surface area (Å²) in [5.41, 5.74) is 1.95. The Morgan fingerprint density at radius 2 is 1.97 bits per heavy atom. The third kappa shape index (κ3) is 5.09. The molecule has 1 aliphatic rings. The van der Waals surface area contributed by atoms with Crippen LogP contribution in [-0.4, -0.2) is 31.4 Å². The zero-order valence-corrected chi connectivity index (χ0v) is 24.1. The molecule has 0 spiro atoms. The van der Waals surface area contributed by atoms with Gasteiger partial charge < -0.3 is 18.6 Å². The van der Waals surface area contributed by atoms with E-state index in [0.717, 1.165) is 10.0 Å². The first-order valence-electron chi connectivity index (χ1n) is 12.1. The van der Waals surface area contributed by atoms with Crippen molar-refractivity contribution in [2.45, 2.75) is 19.9 Å². The molecule has 0 N–H and O–H groups in total. The molecule has 0 radical (unpaired) electrons. The lowest BCUT2D eigenvalue weighted by atomic mass is 9.95. The second kappa shape index (κ2) is 11.1. The van der Waals surface area contributed by atoms with E-state index in [-0.39, 0.29) is 17.7 Å². The summed E-state index contributed by atoms with van der Waals surface area (Å²) >= 11 is 4.70. The summed E-state index contributed by atoms with van der Waals surface area (Å²) < 4.78 is 25.3. The van der Waals surface area contributed by atoms with Crippen LogP contribution in [0.4, 0.5) is 0 Å². The Morgan fingerprint density at radius 3 is 2.69 bits per heavy atom. The molecule has 2 aromatic carbocycles. The van der Waals surface area contributed by atoms with E-state index in [1.54, 1.807) is 45.2 Å². The first-order valence-corrected chi connectivity index (χ1v) is 13.7. The summed E-state index contributed by atoms with van der Waals surface area (Å²) in [4.78, 5) is 32.1. The zero-order chi connectivity index (χ0) is 27.7. The molecule has 0 aliphatic carbocycles. The molecule has 0 bridgehead atoms. The molecule has 0 saturated carbocycles. The van der Waals surface area contributed by atoms with Crippen molar-refractivity contribution in [1.82, 2.24) is 4.57 Å². The molecule has 1 atom stereocenters. The zero-order valence-electron chi connectivity index (χ0n) is 21.7. The van der Waals surface area contributed by atoms with Crippen LogP contribution in [-0.2, 0) is 9.53 Å². The summed E-state index contributed by atoms with van der Waals surface area (Å²) in [6.07, 6.45) is 1.69. The van der Waals surface area contributed by atoms with Gasteiger partial charge in [0.05, 0.1) is 36.6 Å². The highest BCUT2D eigenvalue weighted by Crippen LogP contribution is 2.37. The molecule has 39 heavy (non-hydrogen) atoms. The van der Waals surface area contributed by atoms with E-state index in [0.29, 0.717) is 43.6 Å². The maximum atomic E-state index is 13.9. The minimum atomic E-state index is -0.808. The molecule has 0 amide bonds. The number of methoxy groups -OCH3 is 2. The predicted molar refractivity (Wildman–Crippen MR) is 152 cm³/mol. The molecular formula is C29H25BrN2O6S. The minimum Gasteiger partial charge on any atom is -0.497 e. The molecule has 3 heterocycles. The van der Waals surface area contributed by atoms with Gasteiger partial charge in [0.25, 0.3) is 5.56 Å². The molecular weight excluding hydrogens is 584 g/mol. The number of hydrogen-bond acceptors (Lipinski definition) is 8. The number of hydrogen-bond donors (Lipinski definition) is 0. The quantitative estimate of drug-likeness (QED) is 0.279. The van der Waals surface area contributed by atoms with E-state index in [2.05, 4.69) is 20.9 Å². The molecule has 200 valence electrons. The number of nitrogens with zero attached hydrogens (tertiary/aromatic N) is 2. The van der Waals surface area contributed by atoms with Crippen LogP contribution < -0.4 is 24.4 Å². The average Bonchev–Trinajstić information content (AvgIpc) is 3.52. The van der Waals surface area contributed by atoms with E-state index in [4.69, 9.17) is 18.6 Å². The molecule has 10 heteroatoms. The Labute approximate surface area is 236 Å². The number of rotatable bonds is 7. The molecule has 1 aliphatic heterocycles. The summed E-state index contributed by atoms with van der Waals surface area (Å²) in [7, 11) is 3.09. The molecule has 5 rings (SSSR count). The summed E-state index contributed by atoms with van der Waals surface area (Å²) in [6.45, 7) is 3.66. The average molecular weight is 609 g/mol. The first kappa shape index (κ1) is 26.7. The SMILES string of the molecule is CCOC(=O)C1=C(C)N=c2s/c(=C\c3ccc(-c4cccc(Br)c4)o3)c(=O)n2C1c1ccc(OC)cc1OC. The maximum Gasteiger partial charge on any atom is 0.338 e. The van der Waals surface area contributed by atoms with Gasteiger partial charge in [-0.25, -0.2) is 9.79 Å². The monoisotopic (exact) mass is 608 g/mol. The normalized spacial score (nSPS) is 15.1. The number of esters is 1. The summed E-state index contributed by atoms with van der Waals surface area (Å²) in [5, 5.41) is 0. The van der Waals surface area contributed by atoms with Crippen molar-refractivity contribution in [3.63, 3.8) is 0 Å². The van der Waals surface area contributed by atoms with Crippen molar-refractivity contribution >= 4 is 39.3 Å². The third-order valence-electron chi connectivity index (χ3n) is 6.26. The van der Waals surface area contributed by atoms with E-state index >= 15 is 0 Å². The van der Waals surface area contributed by atoms with Crippen LogP contribution in [0.2, 0.25) is 0 Å². The van der Waals surface area contributed by atoms with Crippen molar-refractivity contribution in [2.24, 2.45) is 4.99 Å². The lowest BCUT2D eigenvalue weighted by molar-refractivity contribution is -0.139. The predicted octanol–water partition coefficient (Wildman–Crippen LogP) is 4.84. The highest BCUT2D eigenvalue weighted by molar-refractivity contribution is 9.10. The number of aromatic nitrogens is 1. The van der Waals surface area contributed by atoms with Crippen LogP contribution in [0.15, 0.2) is 84.5 Å². The van der Waals surface area contributed by atoms with Crippen molar-refractivity contribution in [1.29, 1.82) is 0 Å². The Kier molecular flexibility index (Phi) is 7.58. The van der Waals surface area contributed by atoms with Crippen LogP contribution >= 0.6 is 27.3 Å². The number of carbonyl (C=O) groups excluding carboxylic acids is 1. The van der Waals surface area contributed by atoms with Gasteiger partial charge in [0, 0.05) is 27.7 Å². The van der Waals surface area contributed by atoms with Gasteiger partial charge in [-0.2, -0.15) is 0 Å². The van der Waals surface area contributed by atoms with Crippen molar-refractivity contribution in [3.05, 3.63) is 101 Å². The number of furan rings is 1. The summed E-state index contributed by atoms with van der Waals surface area (Å²) in [5.74, 6) is 1.71. The Morgan fingerprint density at radius 1 is 1.15 bits per heavy atom. The maximum absolute atomic E-state index is 13.9. The highest BCUT2D eigenvalue weighted by atomic mass is 79.9. The second-order valence-corrected chi connectivity index (χ2v) is 10.5. The molecule has 4 aromatic rings. The lowest BCUT2D eigenvalue weighted by Crippen LogP contribution is -2.40. The van der Waals surface area contributed by atoms with Crippen LogP contribution in [0.5, 0.6) is 11.5 Å². The third-order valence-corrected chi connectivity index (χ3v) is 7.74. The van der Waals surface area contributed by atoms with Crippen LogP contribution in [0.25, 0.3) is 17.4 Å². The van der Waals surface area contributed by atoms with Gasteiger partial charge >= 0.3 is 5.97 Å². The standard InChI is InChI=1S/C29H25BrN2O6S/c1-5-37-28(34)25-16(2)31-29-32(26(25)21-11-9-19(35-3)14-23(21)36-4)27(33)24(39-29)15-20-10-12-22(38-20)17-7-6-8-18(30)13-17/h6-15,26H,5H2,1-4H3/b24-15-. The Hall–Kier alpha value is -3.89. The van der Waals surface area contributed by atoms with E-state index in [1.165, 1.54) is 23.0 Å². The highest BCUT2D eigenvalue weighted by Gasteiger charge is 2.35. The molecule has 0 saturated heterocycles. The fraction of sp³-hybridized carbons (Fsp3) is 0.207. The van der Waals surface area contributed by atoms with Gasteiger partial charge in [-0.15, -0.1) is 0 Å². The van der Waals surface area contributed by atoms with E-state index in [9.17, 15) is 9.59 Å². The van der Waals surface area contributed by atoms with Crippen LogP contribution in [0, 0.1) is 0 Å². The molecule has 2 aromatic heterocycles. The topological polar surface area (TPSA) is 92.3 Å². The van der Waals surface area contributed by atoms with Crippen molar-refractivity contribution in [3.8, 4) is 22.8 Å². The van der Waals surface area contributed by atoms with Crippen LogP contribution in [0.1, 0.15) is 31.2 Å². The number of carbonyl (C=O) groups is 1. The number of ether oxygens (including phenoxy) is 3. The van der Waals surface area contributed by atoms with Gasteiger partial charge in [-0.1, -0.05) is 39.4 Å². The Balaban J connectivity index is 1.67. The van der Waals surface area contributed by atoms with Crippen molar-refractivity contribution in [2.75, 3.05) is 20.8 Å². The lowest BCUT2D eigenvalue weighted by Gasteiger charge is -2.26.